The van der Waals surface area contributed by atoms with Crippen LogP contribution < -0.4 is 0 Å². The molecule has 0 amide bonds. The van der Waals surface area contributed by atoms with Gasteiger partial charge in [0, 0.05) is 33.3 Å². The number of unbranched alkanes of at least 4 members (excludes halogenated alkanes) is 3. The second-order valence-electron chi connectivity index (χ2n) is 22.7. The van der Waals surface area contributed by atoms with E-state index in [9.17, 15) is 28.8 Å². The summed E-state index contributed by atoms with van der Waals surface area (Å²) in [5, 5.41) is 0. The van der Waals surface area contributed by atoms with E-state index >= 15 is 0 Å². The fourth-order valence-electron chi connectivity index (χ4n) is 10.1. The average molecular weight is 1120 g/mol. The lowest BCUT2D eigenvalue weighted by molar-refractivity contribution is -0.155. The van der Waals surface area contributed by atoms with Crippen LogP contribution in [-0.2, 0) is 61.9 Å². The van der Waals surface area contributed by atoms with Crippen LogP contribution in [0.5, 0.6) is 0 Å². The van der Waals surface area contributed by atoms with Crippen molar-refractivity contribution in [1.82, 2.24) is 9.80 Å². The number of carbonyl (C=O) groups is 6. The summed E-state index contributed by atoms with van der Waals surface area (Å²) < 4.78 is 37.9. The zero-order valence-electron chi connectivity index (χ0n) is 50.6. The van der Waals surface area contributed by atoms with E-state index in [0.717, 1.165) is 116 Å². The second-order valence-corrected chi connectivity index (χ2v) is 22.7. The minimum absolute atomic E-state index is 0.00434. The van der Waals surface area contributed by atoms with Crippen LogP contribution in [0.4, 0.5) is 0 Å². The van der Waals surface area contributed by atoms with Gasteiger partial charge in [0.1, 0.15) is 33.0 Å². The van der Waals surface area contributed by atoms with Gasteiger partial charge in [-0.05, 0) is 176 Å². The van der Waals surface area contributed by atoms with E-state index in [0.29, 0.717) is 71.2 Å². The van der Waals surface area contributed by atoms with Crippen LogP contribution in [-0.4, -0.2) is 138 Å². The number of hydrogen-bond acceptors (Lipinski definition) is 15. The summed E-state index contributed by atoms with van der Waals surface area (Å²) >= 11 is 0. The lowest BCUT2D eigenvalue weighted by Gasteiger charge is -2.23. The van der Waals surface area contributed by atoms with Crippen molar-refractivity contribution in [3.8, 4) is 0 Å². The van der Waals surface area contributed by atoms with Gasteiger partial charge in [0.2, 0.25) is 0 Å². The molecule has 3 aliphatic carbocycles. The van der Waals surface area contributed by atoms with Crippen LogP contribution in [0.15, 0.2) is 69.9 Å². The Hall–Kier alpha value is -4.86. The molecular weight excluding hydrogens is 1020 g/mol. The Morgan fingerprint density at radius 3 is 1.12 bits per heavy atom. The molecule has 0 aromatic carbocycles. The summed E-state index contributed by atoms with van der Waals surface area (Å²) in [6, 6.07) is 0. The molecular formula is C65H104N2O13. The van der Waals surface area contributed by atoms with Crippen LogP contribution in [0.25, 0.3) is 0 Å². The van der Waals surface area contributed by atoms with Gasteiger partial charge in [0.05, 0.1) is 50.7 Å². The third-order valence-electron chi connectivity index (χ3n) is 15.1. The normalized spacial score (nSPS) is 17.1. The average Bonchev–Trinajstić information content (AvgIpc) is 3.43. The first-order chi connectivity index (χ1) is 38.6. The SMILES string of the molecule is COCCOC(=O)CCN(CCCCCCN(CCC(=O)OCCOC(=O)C1CC=C(CCC=C(C)C)CC1)CCC(=O)OCCOC(=O)C1CC=C(CCC=C(C)C)CC1)CCC(=O)OCCC1CC=C(CCC=C(C)C)CC1. The summed E-state index contributed by atoms with van der Waals surface area (Å²) in [4.78, 5) is 80.9. The van der Waals surface area contributed by atoms with Crippen LogP contribution in [0.2, 0.25) is 0 Å². The highest BCUT2D eigenvalue weighted by molar-refractivity contribution is 5.74. The van der Waals surface area contributed by atoms with Crippen LogP contribution in [0.3, 0.4) is 0 Å². The number of methoxy groups -OCH3 is 1. The highest BCUT2D eigenvalue weighted by atomic mass is 16.6. The van der Waals surface area contributed by atoms with Gasteiger partial charge < -0.3 is 43.0 Å². The lowest BCUT2D eigenvalue weighted by atomic mass is 9.86. The molecule has 0 saturated heterocycles. The first kappa shape index (κ1) is 69.4. The maximum atomic E-state index is 12.9. The Morgan fingerprint density at radius 2 is 0.787 bits per heavy atom. The van der Waals surface area contributed by atoms with Gasteiger partial charge in [0.25, 0.3) is 0 Å². The molecule has 0 N–H and O–H groups in total. The van der Waals surface area contributed by atoms with E-state index in [2.05, 4.69) is 87.8 Å². The first-order valence-electron chi connectivity index (χ1n) is 30.4. The molecule has 15 nitrogen and oxygen atoms in total. The topological polar surface area (TPSA) is 174 Å². The third kappa shape index (κ3) is 34.4. The van der Waals surface area contributed by atoms with E-state index < -0.39 is 11.9 Å². The molecule has 0 heterocycles. The summed E-state index contributed by atoms with van der Waals surface area (Å²) in [7, 11) is 1.56. The Labute approximate surface area is 481 Å². The number of allylic oxidation sites excluding steroid dienone is 12. The quantitative estimate of drug-likeness (QED) is 0.0244. The number of hydrogen-bond donors (Lipinski definition) is 0. The van der Waals surface area contributed by atoms with Gasteiger partial charge in [-0.15, -0.1) is 0 Å². The Kier molecular flexibility index (Phi) is 37.2. The number of carbonyl (C=O) groups excluding carboxylic acids is 6. The van der Waals surface area contributed by atoms with Crippen molar-refractivity contribution in [3.05, 3.63) is 69.9 Å². The zero-order chi connectivity index (χ0) is 58.2. The molecule has 3 unspecified atom stereocenters. The van der Waals surface area contributed by atoms with Gasteiger partial charge >= 0.3 is 35.8 Å². The lowest BCUT2D eigenvalue weighted by Crippen LogP contribution is -2.31. The predicted molar refractivity (Wildman–Crippen MR) is 314 cm³/mol. The summed E-state index contributed by atoms with van der Waals surface area (Å²) in [6.07, 6.45) is 32.6. The summed E-state index contributed by atoms with van der Waals surface area (Å²) in [6.45, 7) is 16.5. The number of esters is 6. The molecule has 0 saturated carbocycles. The summed E-state index contributed by atoms with van der Waals surface area (Å²) in [5.74, 6) is -1.74. The van der Waals surface area contributed by atoms with Crippen LogP contribution >= 0.6 is 0 Å². The highest BCUT2D eigenvalue weighted by Crippen LogP contribution is 2.30. The zero-order valence-corrected chi connectivity index (χ0v) is 50.6. The fraction of sp³-hybridized carbons (Fsp3) is 0.723. The predicted octanol–water partition coefficient (Wildman–Crippen LogP) is 12.4. The maximum Gasteiger partial charge on any atom is 0.309 e. The third-order valence-corrected chi connectivity index (χ3v) is 15.1. The van der Waals surface area contributed by atoms with Gasteiger partial charge in [0.15, 0.2) is 0 Å². The smallest absolute Gasteiger partial charge is 0.309 e. The van der Waals surface area contributed by atoms with E-state index in [4.69, 9.17) is 33.2 Å². The molecule has 15 heteroatoms. The van der Waals surface area contributed by atoms with Crippen LogP contribution in [0, 0.1) is 17.8 Å². The van der Waals surface area contributed by atoms with Gasteiger partial charge in [-0.1, -0.05) is 82.7 Å². The molecule has 3 atom stereocenters. The Morgan fingerprint density at radius 1 is 0.438 bits per heavy atom. The maximum absolute atomic E-state index is 12.9. The number of nitrogens with zero attached hydrogens (tertiary/aromatic N) is 2. The van der Waals surface area contributed by atoms with E-state index in [1.807, 2.05) is 0 Å². The standard InChI is InChI=1S/C65H104N2O13/c1-51(2)15-12-18-54-21-23-57(24-22-54)37-44-75-60(68)33-40-66(41-34-61(69)76-46-45-74-7)38-10-8-9-11-39-67(42-35-62(70)77-47-49-79-64(72)58-29-25-55(26-30-58)19-13-16-52(3)4)43-36-63(71)78-48-50-80-65(73)59-31-27-56(28-32-59)20-14-17-53(5)6/h15-17,21,25,27,57-59H,8-14,18-20,22-24,26,28-50H2,1-7H3. The minimum atomic E-state index is -0.418. The van der Waals surface area contributed by atoms with Crippen molar-refractivity contribution in [1.29, 1.82) is 0 Å². The van der Waals surface area contributed by atoms with E-state index in [1.165, 1.54) is 33.4 Å². The van der Waals surface area contributed by atoms with Crippen molar-refractivity contribution in [3.63, 3.8) is 0 Å². The molecule has 0 radical (unpaired) electrons. The molecule has 0 aliphatic heterocycles. The van der Waals surface area contributed by atoms with Gasteiger partial charge in [-0.25, -0.2) is 0 Å². The molecule has 80 heavy (non-hydrogen) atoms. The molecule has 0 fully saturated rings. The number of ether oxygens (including phenoxy) is 7. The highest BCUT2D eigenvalue weighted by Gasteiger charge is 2.25. The van der Waals surface area contributed by atoms with Crippen molar-refractivity contribution >= 4 is 35.8 Å². The Bertz CT molecular complexity index is 1950. The van der Waals surface area contributed by atoms with Crippen molar-refractivity contribution < 1.29 is 61.9 Å². The van der Waals surface area contributed by atoms with Crippen molar-refractivity contribution in [2.75, 3.05) is 92.6 Å². The van der Waals surface area contributed by atoms with E-state index in [1.54, 1.807) is 7.11 Å². The first-order valence-corrected chi connectivity index (χ1v) is 30.4. The summed E-state index contributed by atoms with van der Waals surface area (Å²) in [5.41, 5.74) is 8.27. The molecule has 0 bridgehead atoms. The largest absolute Gasteiger partial charge is 0.466 e. The molecule has 0 spiro atoms. The minimum Gasteiger partial charge on any atom is -0.466 e. The molecule has 3 rings (SSSR count). The van der Waals surface area contributed by atoms with Gasteiger partial charge in [-0.3, -0.25) is 28.8 Å². The number of rotatable bonds is 42. The molecule has 0 aromatic heterocycles. The fourth-order valence-corrected chi connectivity index (χ4v) is 10.1. The molecule has 3 aliphatic rings. The molecule has 452 valence electrons. The van der Waals surface area contributed by atoms with Crippen LogP contribution in [0.1, 0.15) is 196 Å². The molecule has 0 aromatic rings. The van der Waals surface area contributed by atoms with Gasteiger partial charge in [-0.2, -0.15) is 0 Å². The Balaban J connectivity index is 1.45. The second kappa shape index (κ2) is 42.9. The van der Waals surface area contributed by atoms with E-state index in [-0.39, 0.29) is 94.4 Å². The van der Waals surface area contributed by atoms with Crippen molar-refractivity contribution in [2.24, 2.45) is 17.8 Å². The van der Waals surface area contributed by atoms with Crippen molar-refractivity contribution in [2.45, 2.75) is 196 Å². The monoisotopic (exact) mass is 1120 g/mol.